The molecule has 0 saturated heterocycles. The van der Waals surface area contributed by atoms with Gasteiger partial charge in [-0.25, -0.2) is 4.70 Å². The van der Waals surface area contributed by atoms with E-state index in [0.29, 0.717) is 0 Å². The summed E-state index contributed by atoms with van der Waals surface area (Å²) in [5, 5.41) is 0. The smallest absolute Gasteiger partial charge is 0.493 e. The summed E-state index contributed by atoms with van der Waals surface area (Å²) in [6, 6.07) is 18.1. The van der Waals surface area contributed by atoms with Crippen LogP contribution in [-0.2, 0) is 29.3 Å². The van der Waals surface area contributed by atoms with Gasteiger partial charge < -0.3 is 19.4 Å². The quantitative estimate of drug-likeness (QED) is 0.0273. The Kier molecular flexibility index (Phi) is 78.5. The molecule has 1 aliphatic heterocycles. The van der Waals surface area contributed by atoms with Crippen LogP contribution in [0.4, 0.5) is 0 Å². The maximum atomic E-state index is 12.1. The molecule has 101 heavy (non-hydrogen) atoms. The third kappa shape index (κ3) is 60.5. The molecular weight excluding hydrogens is 1260 g/mol. The Bertz CT molecular complexity index is 1980. The molecule has 1 heterocycles. The Morgan fingerprint density at radius 2 is 0.475 bits per heavy atom. The van der Waals surface area contributed by atoms with E-state index in [1.54, 1.807) is 4.70 Å². The van der Waals surface area contributed by atoms with Crippen LogP contribution in [0, 0.1) is 13.8 Å². The summed E-state index contributed by atoms with van der Waals surface area (Å²) >= 11 is 0. The van der Waals surface area contributed by atoms with Gasteiger partial charge >= 0.3 is 16.5 Å². The van der Waals surface area contributed by atoms with Crippen LogP contribution in [-0.4, -0.2) is 4.70 Å². The third-order valence-electron chi connectivity index (χ3n) is 21.9. The fourth-order valence-electron chi connectivity index (χ4n) is 15.0. The van der Waals surface area contributed by atoms with Crippen LogP contribution >= 0.6 is 0 Å². The molecule has 0 bridgehead atoms. The van der Waals surface area contributed by atoms with Crippen molar-refractivity contribution in [2.45, 2.75) is 504 Å². The number of rotatable bonds is 73. The van der Waals surface area contributed by atoms with Crippen molar-refractivity contribution in [3.63, 3.8) is 0 Å². The van der Waals surface area contributed by atoms with Gasteiger partial charge in [-0.2, -0.15) is 12.8 Å². The van der Waals surface area contributed by atoms with E-state index in [4.69, 9.17) is 0 Å². The van der Waals surface area contributed by atoms with Gasteiger partial charge in [-0.15, -0.1) is 0 Å². The van der Waals surface area contributed by atoms with Crippen LogP contribution in [0.3, 0.4) is 0 Å². The van der Waals surface area contributed by atoms with E-state index in [-0.39, 0.29) is 16.5 Å². The first-order valence-corrected chi connectivity index (χ1v) is 45.9. The van der Waals surface area contributed by atoms with E-state index in [0.717, 1.165) is 67.5 Å². The maximum Gasteiger partial charge on any atom is 2.00 e. The summed E-state index contributed by atoms with van der Waals surface area (Å²) in [5.74, 6) is 0. The van der Waals surface area contributed by atoms with Gasteiger partial charge in [0, 0.05) is 16.7 Å². The molecule has 0 saturated carbocycles. The maximum absolute atomic E-state index is 12.1. The molecule has 0 unspecified atom stereocenters. The van der Waals surface area contributed by atoms with E-state index in [9.17, 15) is 5.53 Å². The van der Waals surface area contributed by atoms with Crippen LogP contribution in [0.25, 0.3) is 16.9 Å². The summed E-state index contributed by atoms with van der Waals surface area (Å²) < 4.78 is 1.54. The second-order valence-electron chi connectivity index (χ2n) is 31.7. The van der Waals surface area contributed by atoms with Crippen molar-refractivity contribution >= 4 is 11.4 Å². The summed E-state index contributed by atoms with van der Waals surface area (Å²) in [7, 11) is 0. The number of nitrogens with zero attached hydrogens (tertiary/aromatic N) is 2. The van der Waals surface area contributed by atoms with Crippen LogP contribution in [0.2, 0.25) is 0 Å². The fraction of sp³-hybridized carbons (Fsp3) is 0.796. The minimum Gasteiger partial charge on any atom is -0.493 e. The standard InChI is InChI=1S/C48H74N2.2C25H51.Ni/c1-5-9-13-16-18-19-20-21-22-23-25-28-32-46-45(31-27-15-11-7-3)47(44-39-35-42(36-40-44)30-26-24-17-14-10-6-2)50(49)48(46)43-37-33-41(34-38-43)29-12-8-4;2*1-3-5-7-9-11-13-15-17-19-21-23-25-24-22-20-18-16-14-12-10-8-6-4-2;/h28,32-40H,5-27,29-31H2,1-4H3;2*1,3-25H2,2H3;/q;2*-1;+2. The fourth-order valence-corrected chi connectivity index (χ4v) is 15.0. The Hall–Kier alpha value is -2.25. The summed E-state index contributed by atoms with van der Waals surface area (Å²) in [6.07, 6.45) is 105. The molecule has 0 aromatic heterocycles. The molecule has 1 aliphatic rings. The molecule has 0 amide bonds. The van der Waals surface area contributed by atoms with Gasteiger partial charge in [0.2, 0.25) is 11.4 Å². The normalized spacial score (nSPS) is 12.3. The Balaban J connectivity index is 0.00000165. The van der Waals surface area contributed by atoms with E-state index in [2.05, 4.69) is 116 Å². The first kappa shape index (κ1) is 98.8. The van der Waals surface area contributed by atoms with Gasteiger partial charge in [-0.05, 0) is 86.8 Å². The SMILES string of the molecule is CCCCCCCCCCCCC=CC1=C(c2ccc(CCCC)cc2)[N+](=[N-])C(c2ccc(CCCCCCCC)cc2)=C1CCCCCC.[CH2-]CCCCCCCCCCCCCCCCCCCCCCCC.[CH2-]CCCCCCCCCCCCCCCCCCCCCCCC.[Ni+2]. The molecular formula is C98H176N2Ni. The molecule has 2 aromatic rings. The zero-order valence-electron chi connectivity index (χ0n) is 69.3. The number of hydrogen-bond donors (Lipinski definition) is 0. The van der Waals surface area contributed by atoms with Gasteiger partial charge in [0.25, 0.3) is 0 Å². The molecule has 2 nitrogen and oxygen atoms in total. The second kappa shape index (κ2) is 80.3. The number of hydrogen-bond acceptors (Lipinski definition) is 0. The number of unbranched alkanes of at least 4 members (excludes halogenated alkanes) is 63. The number of aryl methyl sites for hydroxylation is 2. The Morgan fingerprint density at radius 1 is 0.257 bits per heavy atom. The first-order chi connectivity index (χ1) is 49.5. The topological polar surface area (TPSA) is 25.3 Å². The monoisotopic (exact) mass is 1440 g/mol. The summed E-state index contributed by atoms with van der Waals surface area (Å²) in [4.78, 5) is 0. The molecule has 588 valence electrons. The van der Waals surface area contributed by atoms with Crippen molar-refractivity contribution in [3.05, 3.63) is 113 Å². The second-order valence-corrected chi connectivity index (χ2v) is 31.7. The minimum atomic E-state index is 0. The molecule has 0 aliphatic carbocycles. The average molecular weight is 1440 g/mol. The predicted octanol–water partition coefficient (Wildman–Crippen LogP) is 35.6. The molecule has 0 atom stereocenters. The zero-order chi connectivity index (χ0) is 72.2. The third-order valence-corrected chi connectivity index (χ3v) is 21.9. The van der Waals surface area contributed by atoms with E-state index in [1.165, 1.54) is 440 Å². The Morgan fingerprint density at radius 3 is 0.752 bits per heavy atom. The van der Waals surface area contributed by atoms with Crippen molar-refractivity contribution in [2.75, 3.05) is 0 Å². The molecule has 2 aromatic carbocycles. The van der Waals surface area contributed by atoms with E-state index >= 15 is 0 Å². The van der Waals surface area contributed by atoms with Crippen molar-refractivity contribution in [1.29, 1.82) is 0 Å². The van der Waals surface area contributed by atoms with E-state index < -0.39 is 0 Å². The predicted molar refractivity (Wildman–Crippen MR) is 455 cm³/mol. The van der Waals surface area contributed by atoms with Gasteiger partial charge in [0.15, 0.2) is 0 Å². The minimum absolute atomic E-state index is 0. The summed E-state index contributed by atoms with van der Waals surface area (Å²) in [5.41, 5.74) is 21.6. The largest absolute Gasteiger partial charge is 2.00 e. The van der Waals surface area contributed by atoms with Gasteiger partial charge in [-0.1, -0.05) is 476 Å². The molecule has 0 spiro atoms. The zero-order valence-corrected chi connectivity index (χ0v) is 70.3. The van der Waals surface area contributed by atoms with Crippen molar-refractivity contribution < 1.29 is 21.2 Å². The number of allylic oxidation sites excluding steroid dienone is 4. The van der Waals surface area contributed by atoms with Crippen LogP contribution in [0.15, 0.2) is 71.8 Å². The van der Waals surface area contributed by atoms with E-state index in [1.807, 2.05) is 0 Å². The molecule has 3 rings (SSSR count). The summed E-state index contributed by atoms with van der Waals surface area (Å²) in [6.45, 7) is 21.5. The van der Waals surface area contributed by atoms with Crippen LogP contribution in [0.1, 0.15) is 513 Å². The molecule has 0 fully saturated rings. The van der Waals surface area contributed by atoms with Crippen LogP contribution < -0.4 is 0 Å². The number of benzene rings is 2. The first-order valence-electron chi connectivity index (χ1n) is 45.9. The van der Waals surface area contributed by atoms with Gasteiger partial charge in [-0.3, -0.25) is 0 Å². The van der Waals surface area contributed by atoms with Crippen molar-refractivity contribution in [2.24, 2.45) is 0 Å². The molecule has 0 radical (unpaired) electrons. The van der Waals surface area contributed by atoms with Crippen molar-refractivity contribution in [3.8, 4) is 0 Å². The average Bonchev–Trinajstić information content (AvgIpc) is 1.61. The van der Waals surface area contributed by atoms with Gasteiger partial charge in [0.05, 0.1) is 5.57 Å². The van der Waals surface area contributed by atoms with Crippen LogP contribution in [0.5, 0.6) is 0 Å². The molecule has 0 N–H and O–H groups in total. The van der Waals surface area contributed by atoms with Gasteiger partial charge in [0.1, 0.15) is 0 Å². The van der Waals surface area contributed by atoms with Crippen molar-refractivity contribution in [1.82, 2.24) is 0 Å². The molecule has 3 heteroatoms. The Labute approximate surface area is 645 Å².